The van der Waals surface area contributed by atoms with Crippen LogP contribution in [-0.4, -0.2) is 34.2 Å². The Bertz CT molecular complexity index is 912. The van der Waals surface area contributed by atoms with E-state index in [1.165, 1.54) is 6.20 Å². The number of anilines is 3. The van der Waals surface area contributed by atoms with E-state index in [0.29, 0.717) is 29.5 Å². The highest BCUT2D eigenvalue weighted by atomic mass is 16.5. The summed E-state index contributed by atoms with van der Waals surface area (Å²) in [4.78, 5) is 16.7. The number of fused-ring (bicyclic) bond motifs is 1. The van der Waals surface area contributed by atoms with Crippen LogP contribution in [0.4, 0.5) is 17.3 Å². The molecule has 0 aliphatic rings. The first-order valence-electron chi connectivity index (χ1n) is 8.10. The van der Waals surface area contributed by atoms with Gasteiger partial charge in [-0.25, -0.2) is 9.78 Å². The minimum atomic E-state index is -0.435. The first-order chi connectivity index (χ1) is 12.0. The zero-order chi connectivity index (χ0) is 18.0. The number of aryl methyl sites for hydroxylation is 2. The number of aromatic nitrogens is 3. The molecule has 0 bridgehead atoms. The normalized spacial score (nSPS) is 10.7. The lowest BCUT2D eigenvalue weighted by Gasteiger charge is -2.11. The predicted octanol–water partition coefficient (Wildman–Crippen LogP) is 3.31. The number of esters is 1. The number of hydrogen-bond acceptors (Lipinski definition) is 6. The van der Waals surface area contributed by atoms with E-state index >= 15 is 0 Å². The summed E-state index contributed by atoms with van der Waals surface area (Å²) < 4.78 is 6.67. The first-order valence-corrected chi connectivity index (χ1v) is 8.10. The first kappa shape index (κ1) is 16.8. The highest BCUT2D eigenvalue weighted by Crippen LogP contribution is 2.23. The Balaban J connectivity index is 2.06. The van der Waals surface area contributed by atoms with E-state index < -0.39 is 5.97 Å². The molecule has 0 saturated heterocycles. The average molecular weight is 339 g/mol. The smallest absolute Gasteiger partial charge is 0.343 e. The van der Waals surface area contributed by atoms with Crippen LogP contribution in [-0.2, 0) is 4.74 Å². The van der Waals surface area contributed by atoms with Crippen LogP contribution in [0.2, 0.25) is 0 Å². The lowest BCUT2D eigenvalue weighted by Crippen LogP contribution is -2.07. The van der Waals surface area contributed by atoms with Gasteiger partial charge in [0.15, 0.2) is 5.65 Å². The van der Waals surface area contributed by atoms with Gasteiger partial charge in [-0.2, -0.15) is 9.61 Å². The van der Waals surface area contributed by atoms with E-state index in [4.69, 9.17) is 4.74 Å². The molecule has 0 radical (unpaired) electrons. The highest BCUT2D eigenvalue weighted by molar-refractivity contribution is 5.96. The van der Waals surface area contributed by atoms with Crippen molar-refractivity contribution in [3.05, 3.63) is 47.2 Å². The SMILES string of the molecule is CCOC(=O)c1cnn2c(NC)cc(Nc3cc(C)cc(C)c3)nc12. The molecule has 25 heavy (non-hydrogen) atoms. The third kappa shape index (κ3) is 3.40. The Kier molecular flexibility index (Phi) is 4.56. The van der Waals surface area contributed by atoms with Crippen molar-refractivity contribution >= 4 is 28.9 Å². The molecule has 2 N–H and O–H groups in total. The molecule has 0 fully saturated rings. The largest absolute Gasteiger partial charge is 0.462 e. The summed E-state index contributed by atoms with van der Waals surface area (Å²) in [6, 6.07) is 8.03. The number of rotatable bonds is 5. The minimum absolute atomic E-state index is 0.301. The third-order valence-electron chi connectivity index (χ3n) is 3.72. The monoisotopic (exact) mass is 339 g/mol. The molecule has 0 saturated carbocycles. The number of benzene rings is 1. The standard InChI is InChI=1S/C18H21N5O2/c1-5-25-18(24)14-10-20-23-16(19-4)9-15(22-17(14)23)21-13-7-11(2)6-12(3)8-13/h6-10,19H,5H2,1-4H3,(H,21,22). The molecule has 1 aromatic carbocycles. The van der Waals surface area contributed by atoms with Crippen molar-refractivity contribution in [2.45, 2.75) is 20.8 Å². The van der Waals surface area contributed by atoms with Crippen LogP contribution in [0, 0.1) is 13.8 Å². The maximum atomic E-state index is 12.1. The molecule has 7 nitrogen and oxygen atoms in total. The summed E-state index contributed by atoms with van der Waals surface area (Å²) in [5, 5.41) is 10.6. The summed E-state index contributed by atoms with van der Waals surface area (Å²) in [5.74, 6) is 0.899. The van der Waals surface area contributed by atoms with Crippen molar-refractivity contribution in [3.63, 3.8) is 0 Å². The molecule has 3 rings (SSSR count). The molecule has 0 unspecified atom stereocenters. The second-order valence-corrected chi connectivity index (χ2v) is 5.79. The molecular weight excluding hydrogens is 318 g/mol. The predicted molar refractivity (Wildman–Crippen MR) is 97.7 cm³/mol. The second-order valence-electron chi connectivity index (χ2n) is 5.79. The Morgan fingerprint density at radius 1 is 1.20 bits per heavy atom. The van der Waals surface area contributed by atoms with Gasteiger partial charge in [-0.3, -0.25) is 0 Å². The van der Waals surface area contributed by atoms with Gasteiger partial charge in [-0.05, 0) is 44.0 Å². The Morgan fingerprint density at radius 3 is 2.56 bits per heavy atom. The van der Waals surface area contributed by atoms with Crippen molar-refractivity contribution in [3.8, 4) is 0 Å². The Hall–Kier alpha value is -3.09. The summed E-state index contributed by atoms with van der Waals surface area (Å²) in [6.07, 6.45) is 1.47. The van der Waals surface area contributed by atoms with Gasteiger partial charge in [0.2, 0.25) is 0 Å². The number of hydrogen-bond donors (Lipinski definition) is 2. The molecule has 0 aliphatic heterocycles. The number of nitrogens with zero attached hydrogens (tertiary/aromatic N) is 3. The number of nitrogens with one attached hydrogen (secondary N) is 2. The molecule has 0 atom stereocenters. The lowest BCUT2D eigenvalue weighted by atomic mass is 10.1. The van der Waals surface area contributed by atoms with Crippen LogP contribution < -0.4 is 10.6 Å². The molecule has 2 aromatic heterocycles. The van der Waals surface area contributed by atoms with Crippen LogP contribution in [0.3, 0.4) is 0 Å². The van der Waals surface area contributed by atoms with E-state index in [0.717, 1.165) is 16.8 Å². The van der Waals surface area contributed by atoms with Gasteiger partial charge < -0.3 is 15.4 Å². The van der Waals surface area contributed by atoms with E-state index in [-0.39, 0.29) is 0 Å². The van der Waals surface area contributed by atoms with E-state index in [2.05, 4.69) is 26.8 Å². The van der Waals surface area contributed by atoms with Gasteiger partial charge in [-0.15, -0.1) is 0 Å². The zero-order valence-electron chi connectivity index (χ0n) is 14.8. The molecular formula is C18H21N5O2. The van der Waals surface area contributed by atoms with E-state index in [1.54, 1.807) is 18.5 Å². The summed E-state index contributed by atoms with van der Waals surface area (Å²) in [5.41, 5.74) is 4.04. The second kappa shape index (κ2) is 6.80. The van der Waals surface area contributed by atoms with Crippen LogP contribution in [0.25, 0.3) is 5.65 Å². The molecule has 0 aliphatic carbocycles. The van der Waals surface area contributed by atoms with Gasteiger partial charge in [0, 0.05) is 18.8 Å². The van der Waals surface area contributed by atoms with Gasteiger partial charge >= 0.3 is 5.97 Å². The number of carbonyl (C=O) groups excluding carboxylic acids is 1. The van der Waals surface area contributed by atoms with Gasteiger partial charge in [0.25, 0.3) is 0 Å². The Labute approximate surface area is 146 Å². The van der Waals surface area contributed by atoms with E-state index in [1.807, 2.05) is 32.0 Å². The van der Waals surface area contributed by atoms with Crippen LogP contribution in [0.5, 0.6) is 0 Å². The van der Waals surface area contributed by atoms with Gasteiger partial charge in [0.1, 0.15) is 17.2 Å². The lowest BCUT2D eigenvalue weighted by molar-refractivity contribution is 0.0528. The van der Waals surface area contributed by atoms with Crippen molar-refractivity contribution in [1.82, 2.24) is 14.6 Å². The van der Waals surface area contributed by atoms with Crippen LogP contribution >= 0.6 is 0 Å². The molecule has 130 valence electrons. The molecule has 7 heteroatoms. The topological polar surface area (TPSA) is 80.5 Å². The zero-order valence-corrected chi connectivity index (χ0v) is 14.8. The summed E-state index contributed by atoms with van der Waals surface area (Å²) >= 11 is 0. The molecule has 0 amide bonds. The fraction of sp³-hybridized carbons (Fsp3) is 0.278. The van der Waals surface area contributed by atoms with Crippen molar-refractivity contribution in [1.29, 1.82) is 0 Å². The molecule has 3 aromatic rings. The van der Waals surface area contributed by atoms with Gasteiger partial charge in [0.05, 0.1) is 12.8 Å². The minimum Gasteiger partial charge on any atom is -0.462 e. The Morgan fingerprint density at radius 2 is 1.92 bits per heavy atom. The molecule has 2 heterocycles. The summed E-state index contributed by atoms with van der Waals surface area (Å²) in [6.45, 7) is 6.16. The highest BCUT2D eigenvalue weighted by Gasteiger charge is 2.18. The molecule has 0 spiro atoms. The van der Waals surface area contributed by atoms with E-state index in [9.17, 15) is 4.79 Å². The van der Waals surface area contributed by atoms with Crippen LogP contribution in [0.1, 0.15) is 28.4 Å². The van der Waals surface area contributed by atoms with Gasteiger partial charge in [-0.1, -0.05) is 6.07 Å². The fourth-order valence-corrected chi connectivity index (χ4v) is 2.75. The maximum Gasteiger partial charge on any atom is 0.343 e. The van der Waals surface area contributed by atoms with Crippen molar-refractivity contribution < 1.29 is 9.53 Å². The average Bonchev–Trinajstić information content (AvgIpc) is 2.97. The van der Waals surface area contributed by atoms with Crippen LogP contribution in [0.15, 0.2) is 30.5 Å². The third-order valence-corrected chi connectivity index (χ3v) is 3.72. The maximum absolute atomic E-state index is 12.1. The number of carbonyl (C=O) groups is 1. The quantitative estimate of drug-likeness (QED) is 0.694. The van der Waals surface area contributed by atoms with Crippen molar-refractivity contribution in [2.75, 3.05) is 24.3 Å². The fourth-order valence-electron chi connectivity index (χ4n) is 2.75. The number of ether oxygens (including phenoxy) is 1. The summed E-state index contributed by atoms with van der Waals surface area (Å²) in [7, 11) is 1.79. The van der Waals surface area contributed by atoms with Crippen molar-refractivity contribution in [2.24, 2.45) is 0 Å².